The molecule has 2 N–H and O–H groups in total. The van der Waals surface area contributed by atoms with Gasteiger partial charge in [0.15, 0.2) is 11.7 Å². The van der Waals surface area contributed by atoms with Gasteiger partial charge in [0.2, 0.25) is 0 Å². The Morgan fingerprint density at radius 2 is 1.83 bits per heavy atom. The molecule has 0 bridgehead atoms. The molecule has 1 aliphatic heterocycles. The van der Waals surface area contributed by atoms with E-state index in [1.165, 1.54) is 7.11 Å². The van der Waals surface area contributed by atoms with Crippen molar-refractivity contribution in [2.75, 3.05) is 19.5 Å². The van der Waals surface area contributed by atoms with Gasteiger partial charge < -0.3 is 19.9 Å². The molecule has 0 aliphatic carbocycles. The second kappa shape index (κ2) is 5.68. The van der Waals surface area contributed by atoms with E-state index in [0.717, 1.165) is 5.56 Å². The number of nitrogens with one attached hydrogen (secondary N) is 1. The largest absolute Gasteiger partial charge is 0.497 e. The summed E-state index contributed by atoms with van der Waals surface area (Å²) < 4.78 is 10.5. The van der Waals surface area contributed by atoms with Gasteiger partial charge in [0.1, 0.15) is 5.75 Å². The minimum absolute atomic E-state index is 0.373. The molecule has 3 rings (SSSR count). The quantitative estimate of drug-likeness (QED) is 0.911. The Morgan fingerprint density at radius 1 is 1.13 bits per heavy atom. The van der Waals surface area contributed by atoms with Gasteiger partial charge in [-0.2, -0.15) is 0 Å². The third kappa shape index (κ3) is 2.38. The fraction of sp³-hybridized carbons (Fsp3) is 0.278. The van der Waals surface area contributed by atoms with E-state index in [-0.39, 0.29) is 5.91 Å². The van der Waals surface area contributed by atoms with Gasteiger partial charge in [0.25, 0.3) is 5.91 Å². The number of benzene rings is 2. The zero-order valence-corrected chi connectivity index (χ0v) is 13.3. The summed E-state index contributed by atoms with van der Waals surface area (Å²) in [6.07, 6.45) is -1.04. The van der Waals surface area contributed by atoms with Crippen LogP contribution in [0, 0.1) is 6.92 Å². The Bertz CT molecular complexity index is 741. The second-order valence-corrected chi connectivity index (χ2v) is 5.65. The highest BCUT2D eigenvalue weighted by Gasteiger charge is 2.49. The predicted octanol–water partition coefficient (Wildman–Crippen LogP) is 2.21. The molecule has 1 amide bonds. The Balaban J connectivity index is 2.23. The monoisotopic (exact) mass is 313 g/mol. The SMILES string of the molecule is COc1ccc(C2(O)c3cc(C)ccc3NC(=O)C2OC)cc1. The van der Waals surface area contributed by atoms with Crippen molar-refractivity contribution in [3.05, 3.63) is 59.2 Å². The van der Waals surface area contributed by atoms with Crippen molar-refractivity contribution < 1.29 is 19.4 Å². The number of carbonyl (C=O) groups is 1. The number of hydrogen-bond acceptors (Lipinski definition) is 4. The lowest BCUT2D eigenvalue weighted by molar-refractivity contribution is -0.142. The molecule has 120 valence electrons. The Kier molecular flexibility index (Phi) is 3.83. The number of amides is 1. The van der Waals surface area contributed by atoms with E-state index in [4.69, 9.17) is 9.47 Å². The number of carbonyl (C=O) groups excluding carboxylic acids is 1. The Hall–Kier alpha value is -2.37. The van der Waals surface area contributed by atoms with Crippen molar-refractivity contribution in [1.29, 1.82) is 0 Å². The first-order chi connectivity index (χ1) is 11.0. The maximum Gasteiger partial charge on any atom is 0.257 e. The van der Waals surface area contributed by atoms with Crippen molar-refractivity contribution in [3.8, 4) is 5.75 Å². The number of aliphatic hydroxyl groups is 1. The van der Waals surface area contributed by atoms with Crippen LogP contribution in [0.3, 0.4) is 0 Å². The smallest absolute Gasteiger partial charge is 0.257 e. The third-order valence-electron chi connectivity index (χ3n) is 4.23. The summed E-state index contributed by atoms with van der Waals surface area (Å²) in [7, 11) is 2.99. The average Bonchev–Trinajstić information content (AvgIpc) is 2.56. The molecule has 0 aromatic heterocycles. The number of ether oxygens (including phenoxy) is 2. The van der Waals surface area contributed by atoms with Gasteiger partial charge >= 0.3 is 0 Å². The van der Waals surface area contributed by atoms with Gasteiger partial charge in [-0.05, 0) is 30.7 Å². The van der Waals surface area contributed by atoms with Crippen LogP contribution in [0.2, 0.25) is 0 Å². The van der Waals surface area contributed by atoms with Crippen LogP contribution in [0.15, 0.2) is 42.5 Å². The maximum absolute atomic E-state index is 12.4. The van der Waals surface area contributed by atoms with E-state index in [1.54, 1.807) is 37.4 Å². The molecule has 0 fully saturated rings. The number of methoxy groups -OCH3 is 2. The summed E-state index contributed by atoms with van der Waals surface area (Å²) in [5, 5.41) is 14.3. The van der Waals surface area contributed by atoms with E-state index >= 15 is 0 Å². The molecule has 0 saturated heterocycles. The fourth-order valence-electron chi connectivity index (χ4n) is 3.04. The second-order valence-electron chi connectivity index (χ2n) is 5.65. The zero-order chi connectivity index (χ0) is 16.6. The molecule has 0 radical (unpaired) electrons. The van der Waals surface area contributed by atoms with Gasteiger partial charge in [-0.1, -0.05) is 29.8 Å². The lowest BCUT2D eigenvalue weighted by Gasteiger charge is -2.40. The molecule has 2 aromatic carbocycles. The summed E-state index contributed by atoms with van der Waals surface area (Å²) in [6.45, 7) is 1.94. The van der Waals surface area contributed by atoms with Crippen molar-refractivity contribution in [1.82, 2.24) is 0 Å². The molecule has 23 heavy (non-hydrogen) atoms. The Morgan fingerprint density at radius 3 is 2.43 bits per heavy atom. The van der Waals surface area contributed by atoms with Crippen LogP contribution in [-0.4, -0.2) is 31.3 Å². The number of anilines is 1. The van der Waals surface area contributed by atoms with Crippen LogP contribution in [-0.2, 0) is 15.1 Å². The first kappa shape index (κ1) is 15.5. The predicted molar refractivity (Wildman–Crippen MR) is 86.6 cm³/mol. The molecule has 5 heteroatoms. The summed E-state index contributed by atoms with van der Waals surface area (Å²) in [5.41, 5.74) is 1.21. The summed E-state index contributed by atoms with van der Waals surface area (Å²) in [4.78, 5) is 12.4. The molecule has 1 aliphatic rings. The van der Waals surface area contributed by atoms with Gasteiger partial charge in [-0.15, -0.1) is 0 Å². The summed E-state index contributed by atoms with van der Waals surface area (Å²) in [6, 6.07) is 12.5. The molecule has 2 unspecified atom stereocenters. The van der Waals surface area contributed by atoms with Crippen LogP contribution in [0.25, 0.3) is 0 Å². The number of hydrogen-bond donors (Lipinski definition) is 2. The average molecular weight is 313 g/mol. The molecular formula is C18H19NO4. The summed E-state index contributed by atoms with van der Waals surface area (Å²) >= 11 is 0. The van der Waals surface area contributed by atoms with E-state index in [0.29, 0.717) is 22.6 Å². The lowest BCUT2D eigenvalue weighted by Crippen LogP contribution is -2.52. The molecule has 2 aromatic rings. The number of rotatable bonds is 3. The topological polar surface area (TPSA) is 67.8 Å². The maximum atomic E-state index is 12.4. The van der Waals surface area contributed by atoms with Gasteiger partial charge in [-0.25, -0.2) is 0 Å². The van der Waals surface area contributed by atoms with Crippen molar-refractivity contribution in [2.45, 2.75) is 18.6 Å². The van der Waals surface area contributed by atoms with Gasteiger partial charge in [-0.3, -0.25) is 4.79 Å². The fourth-order valence-corrected chi connectivity index (χ4v) is 3.04. The van der Waals surface area contributed by atoms with Crippen molar-refractivity contribution in [3.63, 3.8) is 0 Å². The number of aryl methyl sites for hydroxylation is 1. The summed E-state index contributed by atoms with van der Waals surface area (Å²) in [5.74, 6) is 0.304. The lowest BCUT2D eigenvalue weighted by atomic mass is 9.77. The minimum atomic E-state index is -1.56. The van der Waals surface area contributed by atoms with E-state index in [1.807, 2.05) is 19.1 Å². The molecule has 0 saturated carbocycles. The highest BCUT2D eigenvalue weighted by Crippen LogP contribution is 2.42. The Labute approximate surface area is 134 Å². The molecule has 1 heterocycles. The third-order valence-corrected chi connectivity index (χ3v) is 4.23. The van der Waals surface area contributed by atoms with Crippen molar-refractivity contribution in [2.24, 2.45) is 0 Å². The van der Waals surface area contributed by atoms with E-state index in [2.05, 4.69) is 5.32 Å². The standard InChI is InChI=1S/C18H19NO4/c1-11-4-9-15-14(10-11)18(21,16(23-3)17(20)19-15)12-5-7-13(22-2)8-6-12/h4-10,16,21H,1-3H3,(H,19,20). The molecule has 5 nitrogen and oxygen atoms in total. The highest BCUT2D eigenvalue weighted by atomic mass is 16.5. The van der Waals surface area contributed by atoms with Crippen LogP contribution in [0.5, 0.6) is 5.75 Å². The van der Waals surface area contributed by atoms with Crippen LogP contribution in [0.1, 0.15) is 16.7 Å². The van der Waals surface area contributed by atoms with Crippen LogP contribution in [0.4, 0.5) is 5.69 Å². The highest BCUT2D eigenvalue weighted by molar-refractivity contribution is 5.99. The van der Waals surface area contributed by atoms with Crippen LogP contribution < -0.4 is 10.1 Å². The normalized spacial score (nSPS) is 23.1. The van der Waals surface area contributed by atoms with E-state index < -0.39 is 11.7 Å². The van der Waals surface area contributed by atoms with Gasteiger partial charge in [0.05, 0.1) is 7.11 Å². The van der Waals surface area contributed by atoms with E-state index in [9.17, 15) is 9.90 Å². The zero-order valence-electron chi connectivity index (χ0n) is 13.3. The minimum Gasteiger partial charge on any atom is -0.497 e. The molecular weight excluding hydrogens is 294 g/mol. The van der Waals surface area contributed by atoms with Gasteiger partial charge in [0, 0.05) is 18.4 Å². The number of fused-ring (bicyclic) bond motifs is 1. The first-order valence-electron chi connectivity index (χ1n) is 7.32. The first-order valence-corrected chi connectivity index (χ1v) is 7.32. The van der Waals surface area contributed by atoms with Crippen molar-refractivity contribution >= 4 is 11.6 Å². The molecule has 2 atom stereocenters. The molecule has 0 spiro atoms. The van der Waals surface area contributed by atoms with Crippen LogP contribution >= 0.6 is 0 Å².